The van der Waals surface area contributed by atoms with Gasteiger partial charge in [0.05, 0.1) is 6.04 Å². The van der Waals surface area contributed by atoms with Crippen LogP contribution in [0.2, 0.25) is 0 Å². The molecule has 0 saturated carbocycles. The summed E-state index contributed by atoms with van der Waals surface area (Å²) >= 11 is 0. The lowest BCUT2D eigenvalue weighted by Gasteiger charge is -2.14. The van der Waals surface area contributed by atoms with Crippen molar-refractivity contribution in [2.75, 3.05) is 5.32 Å². The van der Waals surface area contributed by atoms with E-state index in [-0.39, 0.29) is 11.7 Å². The molecule has 0 aliphatic heterocycles. The molecule has 0 heterocycles. The molecule has 1 rings (SSSR count). The van der Waals surface area contributed by atoms with Crippen LogP contribution >= 0.6 is 0 Å². The molecule has 0 radical (unpaired) electrons. The van der Waals surface area contributed by atoms with E-state index in [0.29, 0.717) is 18.0 Å². The summed E-state index contributed by atoms with van der Waals surface area (Å²) in [6.07, 6.45) is 0.582. The molecule has 3 N–H and O–H groups in total. The van der Waals surface area contributed by atoms with Crippen molar-refractivity contribution in [3.63, 3.8) is 0 Å². The van der Waals surface area contributed by atoms with Gasteiger partial charge >= 0.3 is 6.61 Å². The van der Waals surface area contributed by atoms with E-state index in [1.807, 2.05) is 13.8 Å². The zero-order valence-corrected chi connectivity index (χ0v) is 10.9. The summed E-state index contributed by atoms with van der Waals surface area (Å²) in [7, 11) is 0. The standard InChI is InChI=1S/C13H18F2N2O2/c1-8(2)7-11(16)12(18)17-9-3-5-10(6-4-9)19-13(14)15/h3-6,8,11,13H,7,16H2,1-2H3,(H,17,18). The van der Waals surface area contributed by atoms with Crippen LogP contribution in [0.15, 0.2) is 24.3 Å². The van der Waals surface area contributed by atoms with Crippen LogP contribution in [0.3, 0.4) is 0 Å². The van der Waals surface area contributed by atoms with Gasteiger partial charge in [0, 0.05) is 5.69 Å². The number of rotatable bonds is 6. The molecule has 0 bridgehead atoms. The highest BCUT2D eigenvalue weighted by molar-refractivity contribution is 5.94. The summed E-state index contributed by atoms with van der Waals surface area (Å²) in [6.45, 7) is 1.09. The molecule has 1 amide bonds. The molecule has 6 heteroatoms. The number of carbonyl (C=O) groups is 1. The summed E-state index contributed by atoms with van der Waals surface area (Å²) < 4.78 is 28.1. The van der Waals surface area contributed by atoms with Gasteiger partial charge in [-0.15, -0.1) is 0 Å². The van der Waals surface area contributed by atoms with Gasteiger partial charge in [0.2, 0.25) is 5.91 Å². The van der Waals surface area contributed by atoms with Gasteiger partial charge in [-0.3, -0.25) is 4.79 Å². The number of halogens is 2. The highest BCUT2D eigenvalue weighted by Gasteiger charge is 2.15. The Bertz CT molecular complexity index is 408. The van der Waals surface area contributed by atoms with Crippen LogP contribution in [0, 0.1) is 5.92 Å². The van der Waals surface area contributed by atoms with E-state index < -0.39 is 12.7 Å². The minimum Gasteiger partial charge on any atom is -0.435 e. The Kier molecular flexibility index (Phi) is 5.69. The van der Waals surface area contributed by atoms with Crippen LogP contribution in [0.4, 0.5) is 14.5 Å². The molecule has 0 spiro atoms. The van der Waals surface area contributed by atoms with Crippen LogP contribution in [-0.2, 0) is 4.79 Å². The lowest BCUT2D eigenvalue weighted by Crippen LogP contribution is -2.36. The zero-order valence-electron chi connectivity index (χ0n) is 10.9. The molecule has 0 aromatic heterocycles. The average Bonchev–Trinajstić information content (AvgIpc) is 2.30. The van der Waals surface area contributed by atoms with E-state index in [2.05, 4.69) is 10.1 Å². The van der Waals surface area contributed by atoms with E-state index in [4.69, 9.17) is 5.73 Å². The first-order valence-electron chi connectivity index (χ1n) is 5.99. The number of amides is 1. The first-order valence-corrected chi connectivity index (χ1v) is 5.99. The fourth-order valence-corrected chi connectivity index (χ4v) is 1.57. The summed E-state index contributed by atoms with van der Waals surface area (Å²) in [4.78, 5) is 11.7. The average molecular weight is 272 g/mol. The molecule has 106 valence electrons. The Morgan fingerprint density at radius 3 is 2.37 bits per heavy atom. The molecule has 1 aromatic carbocycles. The number of nitrogens with one attached hydrogen (secondary N) is 1. The fourth-order valence-electron chi connectivity index (χ4n) is 1.57. The van der Waals surface area contributed by atoms with E-state index in [0.717, 1.165) is 0 Å². The topological polar surface area (TPSA) is 64.4 Å². The lowest BCUT2D eigenvalue weighted by molar-refractivity contribution is -0.117. The monoisotopic (exact) mass is 272 g/mol. The molecule has 1 atom stereocenters. The summed E-state index contributed by atoms with van der Waals surface area (Å²) in [5.74, 6) is 0.0678. The first-order chi connectivity index (χ1) is 8.88. The largest absolute Gasteiger partial charge is 0.435 e. The minimum absolute atomic E-state index is 0.0412. The summed E-state index contributed by atoms with van der Waals surface area (Å²) in [6, 6.07) is 5.10. The minimum atomic E-state index is -2.86. The van der Waals surface area contributed by atoms with E-state index in [9.17, 15) is 13.6 Å². The van der Waals surface area contributed by atoms with Gasteiger partial charge in [0.15, 0.2) is 0 Å². The maximum atomic E-state index is 11.9. The quantitative estimate of drug-likeness (QED) is 0.836. The maximum Gasteiger partial charge on any atom is 0.387 e. The normalized spacial score (nSPS) is 12.6. The molecule has 1 unspecified atom stereocenters. The second-order valence-corrected chi connectivity index (χ2v) is 4.63. The molecular formula is C13H18F2N2O2. The maximum absolute atomic E-state index is 11.9. The van der Waals surface area contributed by atoms with Gasteiger partial charge in [-0.1, -0.05) is 13.8 Å². The Morgan fingerprint density at radius 1 is 1.32 bits per heavy atom. The summed E-state index contributed by atoms with van der Waals surface area (Å²) in [5.41, 5.74) is 6.22. The van der Waals surface area contributed by atoms with Crippen molar-refractivity contribution in [3.8, 4) is 5.75 Å². The number of hydrogen-bond acceptors (Lipinski definition) is 3. The van der Waals surface area contributed by atoms with Gasteiger partial charge in [0.1, 0.15) is 5.75 Å². The highest BCUT2D eigenvalue weighted by Crippen LogP contribution is 2.18. The molecule has 0 aliphatic carbocycles. The first kappa shape index (κ1) is 15.4. The molecule has 0 saturated heterocycles. The number of hydrogen-bond donors (Lipinski definition) is 2. The third kappa shape index (κ3) is 5.65. The third-order valence-electron chi connectivity index (χ3n) is 2.41. The molecular weight excluding hydrogens is 254 g/mol. The van der Waals surface area contributed by atoms with Crippen LogP contribution in [-0.4, -0.2) is 18.6 Å². The molecule has 4 nitrogen and oxygen atoms in total. The number of ether oxygens (including phenoxy) is 1. The number of benzene rings is 1. The highest BCUT2D eigenvalue weighted by atomic mass is 19.3. The van der Waals surface area contributed by atoms with Crippen molar-refractivity contribution in [2.45, 2.75) is 32.9 Å². The van der Waals surface area contributed by atoms with E-state index in [1.54, 1.807) is 0 Å². The van der Waals surface area contributed by atoms with Crippen molar-refractivity contribution in [1.82, 2.24) is 0 Å². The van der Waals surface area contributed by atoms with Crippen LogP contribution in [0.25, 0.3) is 0 Å². The third-order valence-corrected chi connectivity index (χ3v) is 2.41. The van der Waals surface area contributed by atoms with Gasteiger partial charge in [-0.2, -0.15) is 8.78 Å². The van der Waals surface area contributed by atoms with Crippen molar-refractivity contribution in [2.24, 2.45) is 11.7 Å². The predicted octanol–water partition coefficient (Wildman–Crippen LogP) is 2.60. The van der Waals surface area contributed by atoms with Crippen molar-refractivity contribution < 1.29 is 18.3 Å². The molecule has 1 aromatic rings. The van der Waals surface area contributed by atoms with E-state index in [1.165, 1.54) is 24.3 Å². The van der Waals surface area contributed by atoms with E-state index >= 15 is 0 Å². The van der Waals surface area contributed by atoms with Crippen molar-refractivity contribution >= 4 is 11.6 Å². The molecule has 0 fully saturated rings. The smallest absolute Gasteiger partial charge is 0.387 e. The van der Waals surface area contributed by atoms with Gasteiger partial charge in [-0.05, 0) is 36.6 Å². The Morgan fingerprint density at radius 2 is 1.89 bits per heavy atom. The lowest BCUT2D eigenvalue weighted by atomic mass is 10.0. The van der Waals surface area contributed by atoms with Crippen LogP contribution < -0.4 is 15.8 Å². The van der Waals surface area contributed by atoms with Crippen molar-refractivity contribution in [1.29, 1.82) is 0 Å². The number of anilines is 1. The number of nitrogens with two attached hydrogens (primary N) is 1. The molecule has 0 aliphatic rings. The predicted molar refractivity (Wildman–Crippen MR) is 69.1 cm³/mol. The Hall–Kier alpha value is -1.69. The number of carbonyl (C=O) groups excluding carboxylic acids is 1. The number of alkyl halides is 2. The second kappa shape index (κ2) is 7.04. The van der Waals surface area contributed by atoms with Crippen LogP contribution in [0.5, 0.6) is 5.75 Å². The molecule has 19 heavy (non-hydrogen) atoms. The van der Waals surface area contributed by atoms with Gasteiger partial charge < -0.3 is 15.8 Å². The Balaban J connectivity index is 2.55. The SMILES string of the molecule is CC(C)CC(N)C(=O)Nc1ccc(OC(F)F)cc1. The van der Waals surface area contributed by atoms with Gasteiger partial charge in [-0.25, -0.2) is 0 Å². The summed E-state index contributed by atoms with van der Waals surface area (Å²) in [5, 5.41) is 2.62. The Labute approximate surface area is 110 Å². The second-order valence-electron chi connectivity index (χ2n) is 4.63. The van der Waals surface area contributed by atoms with Crippen LogP contribution in [0.1, 0.15) is 20.3 Å². The van der Waals surface area contributed by atoms with Gasteiger partial charge in [0.25, 0.3) is 0 Å². The zero-order chi connectivity index (χ0) is 14.4. The van der Waals surface area contributed by atoms with Crippen molar-refractivity contribution in [3.05, 3.63) is 24.3 Å². The fraction of sp³-hybridized carbons (Fsp3) is 0.462.